The lowest BCUT2D eigenvalue weighted by molar-refractivity contribution is 0.616. The van der Waals surface area contributed by atoms with Crippen molar-refractivity contribution in [2.24, 2.45) is 5.92 Å². The number of nitrogens with one attached hydrogen (secondary N) is 2. The maximum absolute atomic E-state index is 4.47. The number of rotatable bonds is 5. The molecule has 0 bridgehead atoms. The molecule has 2 rings (SSSR count). The lowest BCUT2D eigenvalue weighted by Gasteiger charge is -2.16. The fourth-order valence-corrected chi connectivity index (χ4v) is 2.38. The summed E-state index contributed by atoms with van der Waals surface area (Å²) in [7, 11) is 0. The van der Waals surface area contributed by atoms with E-state index in [1.807, 2.05) is 0 Å². The molecular weight excluding hydrogens is 238 g/mol. The summed E-state index contributed by atoms with van der Waals surface area (Å²) in [5.41, 5.74) is 0. The van der Waals surface area contributed by atoms with E-state index in [0.29, 0.717) is 17.9 Å². The van der Waals surface area contributed by atoms with Gasteiger partial charge in [0.25, 0.3) is 0 Å². The molecule has 2 N–H and O–H groups in total. The third-order valence-corrected chi connectivity index (χ3v) is 3.43. The molecule has 1 saturated carbocycles. The molecule has 5 heteroatoms. The number of hydrogen-bond acceptors (Lipinski definition) is 5. The third-order valence-electron chi connectivity index (χ3n) is 3.43. The maximum Gasteiger partial charge on any atom is 0.244 e. The lowest BCUT2D eigenvalue weighted by Crippen LogP contribution is -2.20. The minimum atomic E-state index is 0.539. The van der Waals surface area contributed by atoms with Crippen molar-refractivity contribution < 1.29 is 0 Å². The predicted octanol–water partition coefficient (Wildman–Crippen LogP) is 3.07. The molecule has 106 valence electrons. The first-order valence-corrected chi connectivity index (χ1v) is 7.44. The second-order valence-electron chi connectivity index (χ2n) is 5.77. The smallest absolute Gasteiger partial charge is 0.244 e. The minimum absolute atomic E-state index is 0.539. The van der Waals surface area contributed by atoms with Crippen LogP contribution >= 0.6 is 0 Å². The van der Waals surface area contributed by atoms with Gasteiger partial charge in [-0.2, -0.15) is 10.1 Å². The van der Waals surface area contributed by atoms with Crippen LogP contribution in [-0.4, -0.2) is 27.8 Å². The van der Waals surface area contributed by atoms with Crippen LogP contribution in [-0.2, 0) is 0 Å². The molecular formula is C14H25N5. The Kier molecular flexibility index (Phi) is 5.36. The van der Waals surface area contributed by atoms with Crippen molar-refractivity contribution >= 4 is 11.8 Å². The SMILES string of the molecule is CC(C)CNc1nncc(NC2CCCCCC2)n1. The number of hydrogen-bond donors (Lipinski definition) is 2. The van der Waals surface area contributed by atoms with E-state index in [1.54, 1.807) is 6.20 Å². The molecule has 19 heavy (non-hydrogen) atoms. The Bertz CT molecular complexity index is 372. The van der Waals surface area contributed by atoms with E-state index in [2.05, 4.69) is 39.7 Å². The normalized spacial score (nSPS) is 17.2. The van der Waals surface area contributed by atoms with Crippen molar-refractivity contribution in [2.75, 3.05) is 17.2 Å². The highest BCUT2D eigenvalue weighted by atomic mass is 15.3. The van der Waals surface area contributed by atoms with Gasteiger partial charge >= 0.3 is 0 Å². The Morgan fingerprint density at radius 2 is 1.95 bits per heavy atom. The van der Waals surface area contributed by atoms with Gasteiger partial charge in [-0.3, -0.25) is 0 Å². The van der Waals surface area contributed by atoms with Gasteiger partial charge < -0.3 is 10.6 Å². The highest BCUT2D eigenvalue weighted by Crippen LogP contribution is 2.20. The first kappa shape index (κ1) is 14.0. The Hall–Kier alpha value is -1.39. The maximum atomic E-state index is 4.47. The number of aromatic nitrogens is 3. The van der Waals surface area contributed by atoms with Gasteiger partial charge in [-0.25, -0.2) is 0 Å². The molecule has 1 aromatic rings. The average molecular weight is 263 g/mol. The molecule has 1 fully saturated rings. The monoisotopic (exact) mass is 263 g/mol. The average Bonchev–Trinajstić information content (AvgIpc) is 2.65. The molecule has 0 unspecified atom stereocenters. The van der Waals surface area contributed by atoms with Gasteiger partial charge in [0, 0.05) is 12.6 Å². The Morgan fingerprint density at radius 1 is 1.21 bits per heavy atom. The van der Waals surface area contributed by atoms with Crippen molar-refractivity contribution in [1.82, 2.24) is 15.2 Å². The van der Waals surface area contributed by atoms with Crippen LogP contribution < -0.4 is 10.6 Å². The molecule has 0 radical (unpaired) electrons. The summed E-state index contributed by atoms with van der Waals surface area (Å²) >= 11 is 0. The van der Waals surface area contributed by atoms with Crippen LogP contribution in [0.2, 0.25) is 0 Å². The van der Waals surface area contributed by atoms with E-state index in [4.69, 9.17) is 0 Å². The fraction of sp³-hybridized carbons (Fsp3) is 0.786. The zero-order chi connectivity index (χ0) is 13.5. The second-order valence-corrected chi connectivity index (χ2v) is 5.77. The summed E-state index contributed by atoms with van der Waals surface area (Å²) in [6, 6.07) is 0.539. The van der Waals surface area contributed by atoms with Crippen LogP contribution in [0.3, 0.4) is 0 Å². The summed E-state index contributed by atoms with van der Waals surface area (Å²) in [5.74, 6) is 2.03. The molecule has 1 aromatic heterocycles. The molecule has 1 heterocycles. The van der Waals surface area contributed by atoms with Gasteiger partial charge in [0.1, 0.15) is 0 Å². The predicted molar refractivity (Wildman–Crippen MR) is 78.3 cm³/mol. The van der Waals surface area contributed by atoms with Crippen molar-refractivity contribution in [1.29, 1.82) is 0 Å². The van der Waals surface area contributed by atoms with Gasteiger partial charge in [0.2, 0.25) is 5.95 Å². The van der Waals surface area contributed by atoms with E-state index < -0.39 is 0 Å². The van der Waals surface area contributed by atoms with Crippen LogP contribution in [0.1, 0.15) is 52.4 Å². The van der Waals surface area contributed by atoms with E-state index >= 15 is 0 Å². The first-order valence-electron chi connectivity index (χ1n) is 7.44. The quantitative estimate of drug-likeness (QED) is 0.799. The summed E-state index contributed by atoms with van der Waals surface area (Å²) in [4.78, 5) is 4.47. The van der Waals surface area contributed by atoms with Gasteiger partial charge in [-0.1, -0.05) is 39.5 Å². The second kappa shape index (κ2) is 7.26. The molecule has 0 aliphatic heterocycles. The Balaban J connectivity index is 1.90. The lowest BCUT2D eigenvalue weighted by atomic mass is 10.1. The van der Waals surface area contributed by atoms with Crippen LogP contribution in [0.25, 0.3) is 0 Å². The summed E-state index contributed by atoms with van der Waals surface area (Å²) in [5, 5.41) is 14.7. The Labute approximate surface area is 115 Å². The van der Waals surface area contributed by atoms with Crippen molar-refractivity contribution in [3.63, 3.8) is 0 Å². The topological polar surface area (TPSA) is 62.7 Å². The van der Waals surface area contributed by atoms with Crippen molar-refractivity contribution in [2.45, 2.75) is 58.4 Å². The van der Waals surface area contributed by atoms with Crippen LogP contribution in [0.15, 0.2) is 6.20 Å². The summed E-state index contributed by atoms with van der Waals surface area (Å²) in [6.45, 7) is 5.19. The molecule has 5 nitrogen and oxygen atoms in total. The minimum Gasteiger partial charge on any atom is -0.366 e. The Morgan fingerprint density at radius 3 is 2.63 bits per heavy atom. The van der Waals surface area contributed by atoms with Crippen molar-refractivity contribution in [3.05, 3.63) is 6.20 Å². The van der Waals surface area contributed by atoms with Gasteiger partial charge in [0.15, 0.2) is 5.82 Å². The van der Waals surface area contributed by atoms with E-state index in [0.717, 1.165) is 12.4 Å². The largest absolute Gasteiger partial charge is 0.366 e. The van der Waals surface area contributed by atoms with Crippen LogP contribution in [0.5, 0.6) is 0 Å². The van der Waals surface area contributed by atoms with E-state index in [-0.39, 0.29) is 0 Å². The first-order chi connectivity index (χ1) is 9.24. The molecule has 0 spiro atoms. The number of nitrogens with zero attached hydrogens (tertiary/aromatic N) is 3. The zero-order valence-electron chi connectivity index (χ0n) is 12.0. The molecule has 0 saturated heterocycles. The van der Waals surface area contributed by atoms with Crippen LogP contribution in [0, 0.1) is 5.92 Å². The van der Waals surface area contributed by atoms with Crippen LogP contribution in [0.4, 0.5) is 11.8 Å². The standard InChI is InChI=1S/C14H25N5/c1-11(2)9-15-14-18-13(10-16-19-14)17-12-7-5-3-4-6-8-12/h10-12H,3-9H2,1-2H3,(H2,15,17,18,19). The molecule has 1 aliphatic rings. The molecule has 0 aromatic carbocycles. The highest BCUT2D eigenvalue weighted by Gasteiger charge is 2.12. The number of anilines is 2. The fourth-order valence-electron chi connectivity index (χ4n) is 2.38. The molecule has 1 aliphatic carbocycles. The summed E-state index contributed by atoms with van der Waals surface area (Å²) < 4.78 is 0. The summed E-state index contributed by atoms with van der Waals surface area (Å²) in [6.07, 6.45) is 9.54. The third kappa shape index (κ3) is 5.01. The molecule has 0 amide bonds. The highest BCUT2D eigenvalue weighted by molar-refractivity contribution is 5.37. The van der Waals surface area contributed by atoms with Gasteiger partial charge in [-0.15, -0.1) is 5.10 Å². The van der Waals surface area contributed by atoms with Gasteiger partial charge in [0.05, 0.1) is 6.20 Å². The van der Waals surface area contributed by atoms with Gasteiger partial charge in [-0.05, 0) is 18.8 Å². The zero-order valence-corrected chi connectivity index (χ0v) is 12.0. The van der Waals surface area contributed by atoms with E-state index in [9.17, 15) is 0 Å². The molecule has 0 atom stereocenters. The van der Waals surface area contributed by atoms with Crippen molar-refractivity contribution in [3.8, 4) is 0 Å². The van der Waals surface area contributed by atoms with E-state index in [1.165, 1.54) is 38.5 Å².